The molecule has 1 aromatic carbocycles. The topological polar surface area (TPSA) is 43.4 Å². The van der Waals surface area contributed by atoms with Gasteiger partial charge in [0.2, 0.25) is 8.32 Å². The van der Waals surface area contributed by atoms with Gasteiger partial charge in [-0.05, 0) is 47.7 Å². The highest BCUT2D eigenvalue weighted by atomic mass is 79.9. The Morgan fingerprint density at radius 2 is 1.76 bits per heavy atom. The normalized spacial score (nSPS) is 12.6. The summed E-state index contributed by atoms with van der Waals surface area (Å²) < 4.78 is 29.9. The summed E-state index contributed by atoms with van der Waals surface area (Å²) in [6, 6.07) is 3.16. The molecule has 17 heavy (non-hydrogen) atoms. The molecule has 0 unspecified atom stereocenters. The molecular formula is C9H11Br2ClO3SSi. The van der Waals surface area contributed by atoms with E-state index in [1.165, 1.54) is 6.07 Å². The Labute approximate surface area is 123 Å². The Morgan fingerprint density at radius 1 is 1.24 bits per heavy atom. The van der Waals surface area contributed by atoms with Gasteiger partial charge in [0, 0.05) is 15.2 Å². The number of hydrogen-bond donors (Lipinski definition) is 0. The van der Waals surface area contributed by atoms with Crippen molar-refractivity contribution in [2.45, 2.75) is 24.5 Å². The van der Waals surface area contributed by atoms with Gasteiger partial charge in [0.25, 0.3) is 9.05 Å². The molecular weight excluding hydrogens is 412 g/mol. The van der Waals surface area contributed by atoms with Crippen molar-refractivity contribution >= 4 is 59.9 Å². The van der Waals surface area contributed by atoms with E-state index in [-0.39, 0.29) is 10.6 Å². The van der Waals surface area contributed by atoms with Crippen LogP contribution in [0.3, 0.4) is 0 Å². The molecule has 1 aromatic rings. The van der Waals surface area contributed by atoms with Crippen molar-refractivity contribution in [3.8, 4) is 5.75 Å². The maximum absolute atomic E-state index is 11.5. The van der Waals surface area contributed by atoms with E-state index < -0.39 is 17.4 Å². The van der Waals surface area contributed by atoms with Crippen LogP contribution in [0, 0.1) is 0 Å². The Balaban J connectivity index is 3.47. The lowest BCUT2D eigenvalue weighted by atomic mass is 10.3. The maximum Gasteiger partial charge on any atom is 0.265 e. The summed E-state index contributed by atoms with van der Waals surface area (Å²) in [5.74, 6) is 0.280. The zero-order valence-electron chi connectivity index (χ0n) is 9.42. The van der Waals surface area contributed by atoms with E-state index in [0.717, 1.165) is 0 Å². The molecule has 0 heterocycles. The largest absolute Gasteiger partial charge is 0.543 e. The number of halogens is 3. The number of rotatable bonds is 3. The molecule has 0 amide bonds. The van der Waals surface area contributed by atoms with Crippen LogP contribution >= 0.6 is 42.5 Å². The first kappa shape index (κ1) is 15.5. The predicted molar refractivity (Wildman–Crippen MR) is 78.9 cm³/mol. The SMILES string of the molecule is C[Si](C)(C)Oc1c(Br)cc(Br)cc1S(=O)(=O)Cl. The van der Waals surface area contributed by atoms with Crippen molar-refractivity contribution in [1.82, 2.24) is 0 Å². The third-order valence-corrected chi connectivity index (χ3v) is 4.84. The van der Waals surface area contributed by atoms with Crippen LogP contribution in [0.1, 0.15) is 0 Å². The van der Waals surface area contributed by atoms with E-state index in [0.29, 0.717) is 8.95 Å². The van der Waals surface area contributed by atoms with E-state index >= 15 is 0 Å². The lowest BCUT2D eigenvalue weighted by Gasteiger charge is -2.22. The highest BCUT2D eigenvalue weighted by Crippen LogP contribution is 2.38. The van der Waals surface area contributed by atoms with Gasteiger partial charge >= 0.3 is 0 Å². The second kappa shape index (κ2) is 5.20. The minimum absolute atomic E-state index is 0.0251. The van der Waals surface area contributed by atoms with E-state index in [1.54, 1.807) is 6.07 Å². The average molecular weight is 423 g/mol. The smallest absolute Gasteiger partial charge is 0.265 e. The zero-order chi connectivity index (χ0) is 13.4. The Morgan fingerprint density at radius 3 is 2.18 bits per heavy atom. The highest BCUT2D eigenvalue weighted by Gasteiger charge is 2.25. The molecule has 3 nitrogen and oxygen atoms in total. The first-order valence-electron chi connectivity index (χ1n) is 4.63. The van der Waals surface area contributed by atoms with Gasteiger partial charge in [-0.3, -0.25) is 0 Å². The fourth-order valence-electron chi connectivity index (χ4n) is 1.12. The monoisotopic (exact) mass is 420 g/mol. The van der Waals surface area contributed by atoms with E-state index in [9.17, 15) is 8.42 Å². The molecule has 1 rings (SSSR count). The molecule has 0 atom stereocenters. The first-order valence-corrected chi connectivity index (χ1v) is 11.9. The summed E-state index contributed by atoms with van der Waals surface area (Å²) in [5.41, 5.74) is 0. The van der Waals surface area contributed by atoms with Crippen molar-refractivity contribution in [1.29, 1.82) is 0 Å². The van der Waals surface area contributed by atoms with Crippen LogP contribution in [-0.2, 0) is 9.05 Å². The molecule has 0 spiro atoms. The third kappa shape index (κ3) is 4.55. The predicted octanol–water partition coefficient (Wildman–Crippen LogP) is 4.35. The Hall–Kier alpha value is 0.437. The standard InChI is InChI=1S/C9H11Br2ClO3SSi/c1-17(2,3)15-9-7(11)4-6(10)5-8(9)16(12,13)14/h4-5H,1-3H3. The molecule has 0 saturated heterocycles. The molecule has 0 saturated carbocycles. The maximum atomic E-state index is 11.5. The first-order chi connectivity index (χ1) is 7.50. The molecule has 0 N–H and O–H groups in total. The lowest BCUT2D eigenvalue weighted by Crippen LogP contribution is -2.30. The second-order valence-electron chi connectivity index (χ2n) is 4.37. The molecule has 0 radical (unpaired) electrons. The van der Waals surface area contributed by atoms with Gasteiger partial charge in [0.05, 0.1) is 4.47 Å². The Bertz CT molecular complexity index is 540. The summed E-state index contributed by atoms with van der Waals surface area (Å²) >= 11 is 6.51. The van der Waals surface area contributed by atoms with Crippen LogP contribution < -0.4 is 4.43 Å². The number of benzene rings is 1. The van der Waals surface area contributed by atoms with E-state index in [1.807, 2.05) is 19.6 Å². The van der Waals surface area contributed by atoms with Gasteiger partial charge < -0.3 is 4.43 Å². The van der Waals surface area contributed by atoms with E-state index in [2.05, 4.69) is 31.9 Å². The summed E-state index contributed by atoms with van der Waals surface area (Å²) in [7, 11) is -0.364. The Kier molecular flexibility index (Phi) is 4.74. The van der Waals surface area contributed by atoms with Crippen LogP contribution in [0.2, 0.25) is 19.6 Å². The molecule has 0 aliphatic carbocycles. The van der Waals surface area contributed by atoms with Crippen LogP contribution in [-0.4, -0.2) is 16.7 Å². The van der Waals surface area contributed by atoms with E-state index in [4.69, 9.17) is 15.1 Å². The van der Waals surface area contributed by atoms with Crippen molar-refractivity contribution in [3.63, 3.8) is 0 Å². The fourth-order valence-corrected chi connectivity index (χ4v) is 4.75. The van der Waals surface area contributed by atoms with Crippen molar-refractivity contribution < 1.29 is 12.8 Å². The van der Waals surface area contributed by atoms with Crippen LogP contribution in [0.4, 0.5) is 0 Å². The third-order valence-electron chi connectivity index (χ3n) is 1.65. The summed E-state index contributed by atoms with van der Waals surface area (Å²) in [6.45, 7) is 5.89. The van der Waals surface area contributed by atoms with Gasteiger partial charge in [-0.2, -0.15) is 0 Å². The van der Waals surface area contributed by atoms with Gasteiger partial charge in [-0.15, -0.1) is 0 Å². The molecule has 8 heteroatoms. The molecule has 0 aliphatic heterocycles. The molecule has 0 bridgehead atoms. The minimum atomic E-state index is -3.84. The van der Waals surface area contributed by atoms with Gasteiger partial charge in [-0.25, -0.2) is 8.42 Å². The van der Waals surface area contributed by atoms with Gasteiger partial charge in [0.1, 0.15) is 10.6 Å². The van der Waals surface area contributed by atoms with Crippen LogP contribution in [0.15, 0.2) is 26.0 Å². The van der Waals surface area contributed by atoms with Gasteiger partial charge in [-0.1, -0.05) is 15.9 Å². The fraction of sp³-hybridized carbons (Fsp3) is 0.333. The zero-order valence-corrected chi connectivity index (χ0v) is 15.2. The van der Waals surface area contributed by atoms with Crippen molar-refractivity contribution in [2.75, 3.05) is 0 Å². The minimum Gasteiger partial charge on any atom is -0.543 e. The van der Waals surface area contributed by atoms with Crippen molar-refractivity contribution in [3.05, 3.63) is 21.1 Å². The lowest BCUT2D eigenvalue weighted by molar-refractivity contribution is 0.533. The molecule has 0 fully saturated rings. The number of hydrogen-bond acceptors (Lipinski definition) is 3. The molecule has 0 aliphatic rings. The average Bonchev–Trinajstić information content (AvgIpc) is 2.05. The summed E-state index contributed by atoms with van der Waals surface area (Å²) in [6.07, 6.45) is 0. The molecule has 0 aromatic heterocycles. The highest BCUT2D eigenvalue weighted by molar-refractivity contribution is 9.11. The molecule has 96 valence electrons. The summed E-state index contributed by atoms with van der Waals surface area (Å²) in [4.78, 5) is -0.0251. The van der Waals surface area contributed by atoms with Crippen LogP contribution in [0.5, 0.6) is 5.75 Å². The second-order valence-corrected chi connectivity index (χ2v) is 13.1. The summed E-state index contributed by atoms with van der Waals surface area (Å²) in [5, 5.41) is 0. The quantitative estimate of drug-likeness (QED) is 0.537. The van der Waals surface area contributed by atoms with Gasteiger partial charge in [0.15, 0.2) is 0 Å². The van der Waals surface area contributed by atoms with Crippen molar-refractivity contribution in [2.24, 2.45) is 0 Å². The van der Waals surface area contributed by atoms with Crippen LogP contribution in [0.25, 0.3) is 0 Å².